The summed E-state index contributed by atoms with van der Waals surface area (Å²) in [6.07, 6.45) is 5.58. The van der Waals surface area contributed by atoms with Crippen LogP contribution >= 0.6 is 0 Å². The van der Waals surface area contributed by atoms with Crippen LogP contribution in [-0.4, -0.2) is 29.0 Å². The summed E-state index contributed by atoms with van der Waals surface area (Å²) < 4.78 is 0. The van der Waals surface area contributed by atoms with Gasteiger partial charge in [0.1, 0.15) is 0 Å². The second kappa shape index (κ2) is 6.36. The van der Waals surface area contributed by atoms with Crippen molar-refractivity contribution in [3.05, 3.63) is 41.2 Å². The Morgan fingerprint density at radius 2 is 2.00 bits per heavy atom. The van der Waals surface area contributed by atoms with Crippen LogP contribution in [0.5, 0.6) is 0 Å². The van der Waals surface area contributed by atoms with Crippen molar-refractivity contribution < 1.29 is 4.79 Å². The second-order valence-electron chi connectivity index (χ2n) is 4.79. The second-order valence-corrected chi connectivity index (χ2v) is 4.79. The molecule has 0 atom stereocenters. The van der Waals surface area contributed by atoms with E-state index < -0.39 is 0 Å². The summed E-state index contributed by atoms with van der Waals surface area (Å²) in [5.74, 6) is 0. The number of carbonyl (C=O) groups excluding carboxylic acids is 1. The van der Waals surface area contributed by atoms with Gasteiger partial charge in [0.05, 0.1) is 0 Å². The van der Waals surface area contributed by atoms with E-state index in [1.807, 2.05) is 17.0 Å². The van der Waals surface area contributed by atoms with Crippen LogP contribution in [0, 0.1) is 0 Å². The number of nitrogens with one attached hydrogen (secondary N) is 1. The average Bonchev–Trinajstić information content (AvgIpc) is 2.89. The molecule has 1 N–H and O–H groups in total. The van der Waals surface area contributed by atoms with Crippen LogP contribution in [0.15, 0.2) is 35.7 Å². The molecule has 19 heavy (non-hydrogen) atoms. The van der Waals surface area contributed by atoms with Gasteiger partial charge in [-0.25, -0.2) is 4.79 Å². The highest BCUT2D eigenvalue weighted by molar-refractivity contribution is 5.75. The lowest BCUT2D eigenvalue weighted by molar-refractivity contribution is 0.209. The maximum atomic E-state index is 12.1. The Balaban J connectivity index is 1.86. The standard InChI is InChI=1S/C15H21N3O/c1-3-13-10-18(11-14(13)4-2)15(19)17-9-12-6-5-7-16-8-12/h5-8H,3-4,9-11H2,1-2H3,(H,17,19). The lowest BCUT2D eigenvalue weighted by atomic mass is 10.1. The molecule has 0 bridgehead atoms. The number of pyridine rings is 1. The van der Waals surface area contributed by atoms with Crippen molar-refractivity contribution in [2.75, 3.05) is 13.1 Å². The number of carbonyl (C=O) groups is 1. The van der Waals surface area contributed by atoms with Gasteiger partial charge in [-0.1, -0.05) is 31.1 Å². The summed E-state index contributed by atoms with van der Waals surface area (Å²) in [4.78, 5) is 18.0. The van der Waals surface area contributed by atoms with Crippen LogP contribution in [0.1, 0.15) is 32.3 Å². The predicted octanol–water partition coefficient (Wildman–Crippen LogP) is 2.72. The number of hydrogen-bond donors (Lipinski definition) is 1. The molecule has 2 heterocycles. The summed E-state index contributed by atoms with van der Waals surface area (Å²) in [5, 5.41) is 2.95. The van der Waals surface area contributed by atoms with E-state index in [9.17, 15) is 4.79 Å². The zero-order valence-electron chi connectivity index (χ0n) is 11.6. The highest BCUT2D eigenvalue weighted by atomic mass is 16.2. The smallest absolute Gasteiger partial charge is 0.318 e. The van der Waals surface area contributed by atoms with Crippen LogP contribution in [-0.2, 0) is 6.54 Å². The molecule has 0 unspecified atom stereocenters. The molecule has 0 aromatic carbocycles. The fourth-order valence-corrected chi connectivity index (χ4v) is 2.40. The van der Waals surface area contributed by atoms with Gasteiger partial charge in [-0.15, -0.1) is 0 Å². The van der Waals surface area contributed by atoms with Crippen molar-refractivity contribution in [1.82, 2.24) is 15.2 Å². The summed E-state index contributed by atoms with van der Waals surface area (Å²) in [7, 11) is 0. The third-order valence-electron chi connectivity index (χ3n) is 3.57. The van der Waals surface area contributed by atoms with Gasteiger partial charge in [0.2, 0.25) is 0 Å². The van der Waals surface area contributed by atoms with E-state index in [0.717, 1.165) is 31.5 Å². The monoisotopic (exact) mass is 259 g/mol. The molecule has 0 saturated carbocycles. The maximum absolute atomic E-state index is 12.1. The van der Waals surface area contributed by atoms with Crippen LogP contribution in [0.25, 0.3) is 0 Å². The third kappa shape index (κ3) is 3.34. The number of hydrogen-bond acceptors (Lipinski definition) is 2. The number of nitrogens with zero attached hydrogens (tertiary/aromatic N) is 2. The van der Waals surface area contributed by atoms with Crippen LogP contribution in [0.2, 0.25) is 0 Å². The fourth-order valence-electron chi connectivity index (χ4n) is 2.40. The molecule has 1 aliphatic rings. The van der Waals surface area contributed by atoms with E-state index in [-0.39, 0.29) is 6.03 Å². The molecule has 0 saturated heterocycles. The van der Waals surface area contributed by atoms with E-state index in [1.54, 1.807) is 12.4 Å². The SMILES string of the molecule is CCC1=C(CC)CN(C(=O)NCc2cccnc2)C1. The summed E-state index contributed by atoms with van der Waals surface area (Å²) in [6, 6.07) is 3.85. The van der Waals surface area contributed by atoms with Gasteiger partial charge in [0, 0.05) is 32.0 Å². The summed E-state index contributed by atoms with van der Waals surface area (Å²) >= 11 is 0. The lowest BCUT2D eigenvalue weighted by Crippen LogP contribution is -2.38. The van der Waals surface area contributed by atoms with Gasteiger partial charge in [0.25, 0.3) is 0 Å². The van der Waals surface area contributed by atoms with Gasteiger partial charge in [-0.05, 0) is 24.5 Å². The Hall–Kier alpha value is -1.84. The van der Waals surface area contributed by atoms with Crippen LogP contribution in [0.3, 0.4) is 0 Å². The van der Waals surface area contributed by atoms with Gasteiger partial charge < -0.3 is 10.2 Å². The van der Waals surface area contributed by atoms with Gasteiger partial charge in [-0.3, -0.25) is 4.98 Å². The highest BCUT2D eigenvalue weighted by Crippen LogP contribution is 2.22. The summed E-state index contributed by atoms with van der Waals surface area (Å²) in [5.41, 5.74) is 3.85. The molecule has 1 aliphatic heterocycles. The molecule has 102 valence electrons. The largest absolute Gasteiger partial charge is 0.334 e. The Morgan fingerprint density at radius 3 is 2.53 bits per heavy atom. The van der Waals surface area contributed by atoms with E-state index in [4.69, 9.17) is 0 Å². The molecule has 0 radical (unpaired) electrons. The normalized spacial score (nSPS) is 14.9. The van der Waals surface area contributed by atoms with Crippen molar-refractivity contribution >= 4 is 6.03 Å². The molecule has 0 fully saturated rings. The first-order chi connectivity index (χ1) is 9.24. The first kappa shape index (κ1) is 13.6. The number of amides is 2. The van der Waals surface area contributed by atoms with E-state index in [0.29, 0.717) is 6.54 Å². The Bertz CT molecular complexity index is 452. The van der Waals surface area contributed by atoms with Gasteiger partial charge in [0.15, 0.2) is 0 Å². The first-order valence-corrected chi connectivity index (χ1v) is 6.86. The van der Waals surface area contributed by atoms with Crippen molar-refractivity contribution in [2.24, 2.45) is 0 Å². The molecule has 2 amide bonds. The quantitative estimate of drug-likeness (QED) is 0.845. The van der Waals surface area contributed by atoms with E-state index in [1.165, 1.54) is 11.1 Å². The highest BCUT2D eigenvalue weighted by Gasteiger charge is 2.23. The molecule has 4 heteroatoms. The van der Waals surface area contributed by atoms with Crippen LogP contribution in [0.4, 0.5) is 4.79 Å². The number of urea groups is 1. The van der Waals surface area contributed by atoms with Crippen molar-refractivity contribution in [3.8, 4) is 0 Å². The molecule has 2 rings (SSSR count). The van der Waals surface area contributed by atoms with Gasteiger partial charge >= 0.3 is 6.03 Å². The van der Waals surface area contributed by atoms with Gasteiger partial charge in [-0.2, -0.15) is 0 Å². The molecule has 1 aromatic heterocycles. The third-order valence-corrected chi connectivity index (χ3v) is 3.57. The molecule has 0 spiro atoms. The number of rotatable bonds is 4. The van der Waals surface area contributed by atoms with Crippen molar-refractivity contribution in [1.29, 1.82) is 0 Å². The fraction of sp³-hybridized carbons (Fsp3) is 0.467. The molecular weight excluding hydrogens is 238 g/mol. The summed E-state index contributed by atoms with van der Waals surface area (Å²) in [6.45, 7) is 6.40. The van der Waals surface area contributed by atoms with Crippen LogP contribution < -0.4 is 5.32 Å². The molecule has 4 nitrogen and oxygen atoms in total. The lowest BCUT2D eigenvalue weighted by Gasteiger charge is -2.17. The Kier molecular flexibility index (Phi) is 4.55. The first-order valence-electron chi connectivity index (χ1n) is 6.86. The number of aromatic nitrogens is 1. The van der Waals surface area contributed by atoms with E-state index in [2.05, 4.69) is 24.1 Å². The molecule has 0 aliphatic carbocycles. The zero-order chi connectivity index (χ0) is 13.7. The maximum Gasteiger partial charge on any atom is 0.318 e. The van der Waals surface area contributed by atoms with Crippen molar-refractivity contribution in [3.63, 3.8) is 0 Å². The zero-order valence-corrected chi connectivity index (χ0v) is 11.6. The minimum Gasteiger partial charge on any atom is -0.334 e. The Morgan fingerprint density at radius 1 is 1.32 bits per heavy atom. The Labute approximate surface area is 114 Å². The van der Waals surface area contributed by atoms with Crippen molar-refractivity contribution in [2.45, 2.75) is 33.2 Å². The topological polar surface area (TPSA) is 45.2 Å². The average molecular weight is 259 g/mol. The minimum absolute atomic E-state index is 0.0123. The molecular formula is C15H21N3O. The van der Waals surface area contributed by atoms with E-state index >= 15 is 0 Å². The predicted molar refractivity (Wildman–Crippen MR) is 75.7 cm³/mol. The molecule has 1 aromatic rings. The minimum atomic E-state index is 0.0123.